The van der Waals surface area contributed by atoms with E-state index in [1.54, 1.807) is 6.92 Å². The van der Waals surface area contributed by atoms with Gasteiger partial charge in [0.2, 0.25) is 0 Å². The number of hydrogen-bond donors (Lipinski definition) is 1. The highest BCUT2D eigenvalue weighted by atomic mass is 79.9. The van der Waals surface area contributed by atoms with Crippen LogP contribution in [0.15, 0.2) is 15.6 Å². The maximum absolute atomic E-state index is 12.5. The Morgan fingerprint density at radius 3 is 2.76 bits per heavy atom. The van der Waals surface area contributed by atoms with Crippen molar-refractivity contribution < 1.29 is 18.3 Å². The van der Waals surface area contributed by atoms with E-state index in [4.69, 9.17) is 0 Å². The van der Waals surface area contributed by atoms with Crippen molar-refractivity contribution in [3.63, 3.8) is 0 Å². The molecule has 0 spiro atoms. The molecule has 0 fully saturated rings. The van der Waals surface area contributed by atoms with Gasteiger partial charge in [-0.2, -0.15) is 0 Å². The van der Waals surface area contributed by atoms with Gasteiger partial charge in [-0.3, -0.25) is 9.59 Å². The average molecular weight is 310 g/mol. The van der Waals surface area contributed by atoms with E-state index in [9.17, 15) is 18.4 Å². The number of aromatic amines is 1. The zero-order chi connectivity index (χ0) is 13.0. The largest absolute Gasteiger partial charge is 0.466 e. The minimum Gasteiger partial charge on any atom is -0.466 e. The first-order valence-corrected chi connectivity index (χ1v) is 5.60. The van der Waals surface area contributed by atoms with Crippen LogP contribution in [0.4, 0.5) is 8.78 Å². The lowest BCUT2D eigenvalue weighted by molar-refractivity contribution is -0.142. The Labute approximate surface area is 104 Å². The second-order valence-corrected chi connectivity index (χ2v) is 3.94. The second-order valence-electron chi connectivity index (χ2n) is 3.15. The minimum absolute atomic E-state index is 0.0544. The Balaban J connectivity index is 3.10. The van der Waals surface area contributed by atoms with Gasteiger partial charge in [0.25, 0.3) is 6.43 Å². The Morgan fingerprint density at radius 2 is 2.24 bits per heavy atom. The van der Waals surface area contributed by atoms with Gasteiger partial charge >= 0.3 is 5.97 Å². The van der Waals surface area contributed by atoms with E-state index in [1.807, 2.05) is 0 Å². The molecule has 0 unspecified atom stereocenters. The molecule has 0 bridgehead atoms. The number of esters is 1. The van der Waals surface area contributed by atoms with Crippen molar-refractivity contribution in [2.45, 2.75) is 19.8 Å². The van der Waals surface area contributed by atoms with Crippen molar-refractivity contribution >= 4 is 21.9 Å². The summed E-state index contributed by atoms with van der Waals surface area (Å²) >= 11 is 3.00. The molecule has 0 aliphatic rings. The first-order chi connectivity index (χ1) is 7.97. The second kappa shape index (κ2) is 5.90. The predicted molar refractivity (Wildman–Crippen MR) is 60.1 cm³/mol. The summed E-state index contributed by atoms with van der Waals surface area (Å²) in [5.41, 5.74) is -1.56. The molecule has 1 aromatic rings. The van der Waals surface area contributed by atoms with Crippen molar-refractivity contribution in [2.75, 3.05) is 6.61 Å². The molecule has 1 rings (SSSR count). The number of alkyl halides is 2. The molecule has 0 aromatic carbocycles. The zero-order valence-electron chi connectivity index (χ0n) is 8.93. The maximum Gasteiger partial charge on any atom is 0.310 e. The van der Waals surface area contributed by atoms with Crippen LogP contribution in [-0.2, 0) is 16.0 Å². The normalized spacial score (nSPS) is 10.6. The molecule has 1 N–H and O–H groups in total. The van der Waals surface area contributed by atoms with Gasteiger partial charge in [-0.15, -0.1) is 0 Å². The van der Waals surface area contributed by atoms with Gasteiger partial charge in [-0.25, -0.2) is 8.78 Å². The number of hydrogen-bond acceptors (Lipinski definition) is 3. The van der Waals surface area contributed by atoms with Crippen molar-refractivity contribution in [1.82, 2.24) is 4.98 Å². The van der Waals surface area contributed by atoms with E-state index in [1.165, 1.54) is 0 Å². The molecule has 0 radical (unpaired) electrons. The molecule has 1 aromatic heterocycles. The number of halogens is 3. The standard InChI is InChI=1S/C10H10BrF2NO3/c1-2-17-7(15)3-5-8(16)6(10(12)13)4-14-9(5)11/h4,10H,2-3H2,1H3,(H,14,16). The van der Waals surface area contributed by atoms with Gasteiger partial charge in [0.1, 0.15) is 0 Å². The van der Waals surface area contributed by atoms with Gasteiger partial charge < -0.3 is 9.72 Å². The summed E-state index contributed by atoms with van der Waals surface area (Å²) < 4.78 is 29.8. The summed E-state index contributed by atoms with van der Waals surface area (Å²) in [5, 5.41) is 0. The number of carbonyl (C=O) groups is 1. The molecule has 94 valence electrons. The van der Waals surface area contributed by atoms with Crippen molar-refractivity contribution in [3.05, 3.63) is 32.2 Å². The number of aromatic nitrogens is 1. The third kappa shape index (κ3) is 3.36. The Bertz CT molecular complexity index is 473. The van der Waals surface area contributed by atoms with Gasteiger partial charge in [-0.05, 0) is 22.9 Å². The van der Waals surface area contributed by atoms with Gasteiger partial charge in [0, 0.05) is 11.8 Å². The van der Waals surface area contributed by atoms with Crippen LogP contribution in [0.25, 0.3) is 0 Å². The lowest BCUT2D eigenvalue weighted by atomic mass is 10.1. The quantitative estimate of drug-likeness (QED) is 0.685. The van der Waals surface area contributed by atoms with E-state index < -0.39 is 23.4 Å². The molecule has 17 heavy (non-hydrogen) atoms. The first-order valence-electron chi connectivity index (χ1n) is 4.81. The molecular weight excluding hydrogens is 300 g/mol. The van der Waals surface area contributed by atoms with E-state index >= 15 is 0 Å². The van der Waals surface area contributed by atoms with Crippen LogP contribution in [0, 0.1) is 0 Å². The van der Waals surface area contributed by atoms with E-state index in [-0.39, 0.29) is 23.2 Å². The van der Waals surface area contributed by atoms with Crippen LogP contribution >= 0.6 is 15.9 Å². The van der Waals surface area contributed by atoms with Crippen molar-refractivity contribution in [2.24, 2.45) is 0 Å². The molecule has 0 saturated heterocycles. The summed E-state index contributed by atoms with van der Waals surface area (Å²) in [7, 11) is 0. The highest BCUT2D eigenvalue weighted by molar-refractivity contribution is 9.10. The number of pyridine rings is 1. The molecule has 7 heteroatoms. The molecular formula is C10H10BrF2NO3. The highest BCUT2D eigenvalue weighted by Crippen LogP contribution is 2.18. The third-order valence-corrected chi connectivity index (χ3v) is 2.72. The topological polar surface area (TPSA) is 59.2 Å². The number of carbonyl (C=O) groups excluding carboxylic acids is 1. The van der Waals surface area contributed by atoms with Crippen molar-refractivity contribution in [1.29, 1.82) is 0 Å². The van der Waals surface area contributed by atoms with Crippen LogP contribution in [0.5, 0.6) is 0 Å². The number of ether oxygens (including phenoxy) is 1. The fraction of sp³-hybridized carbons (Fsp3) is 0.400. The summed E-state index contributed by atoms with van der Waals surface area (Å²) in [6.07, 6.45) is -2.30. The van der Waals surface area contributed by atoms with Crippen molar-refractivity contribution in [3.8, 4) is 0 Å². The molecule has 0 atom stereocenters. The number of rotatable bonds is 4. The van der Waals surface area contributed by atoms with Crippen LogP contribution in [0.3, 0.4) is 0 Å². The number of H-pyrrole nitrogens is 1. The summed E-state index contributed by atoms with van der Waals surface area (Å²) in [6, 6.07) is 0. The first kappa shape index (κ1) is 13.8. The van der Waals surface area contributed by atoms with Gasteiger partial charge in [0.15, 0.2) is 5.43 Å². The monoisotopic (exact) mass is 309 g/mol. The summed E-state index contributed by atoms with van der Waals surface area (Å²) in [5.74, 6) is -0.634. The van der Waals surface area contributed by atoms with Gasteiger partial charge in [0.05, 0.1) is 23.2 Å². The lowest BCUT2D eigenvalue weighted by Gasteiger charge is -2.06. The Morgan fingerprint density at radius 1 is 1.59 bits per heavy atom. The van der Waals surface area contributed by atoms with Crippen LogP contribution in [0.2, 0.25) is 0 Å². The summed E-state index contributed by atoms with van der Waals surface area (Å²) in [6.45, 7) is 1.79. The SMILES string of the molecule is CCOC(=O)Cc1c(Br)[nH]cc(C(F)F)c1=O. The molecule has 1 heterocycles. The third-order valence-electron chi connectivity index (χ3n) is 2.02. The van der Waals surface area contributed by atoms with E-state index in [0.717, 1.165) is 6.20 Å². The maximum atomic E-state index is 12.5. The van der Waals surface area contributed by atoms with Crippen LogP contribution in [-0.4, -0.2) is 17.6 Å². The summed E-state index contributed by atoms with van der Waals surface area (Å²) in [4.78, 5) is 25.3. The smallest absolute Gasteiger partial charge is 0.310 e. The molecule has 4 nitrogen and oxygen atoms in total. The van der Waals surface area contributed by atoms with E-state index in [2.05, 4.69) is 25.7 Å². The fourth-order valence-electron chi connectivity index (χ4n) is 1.24. The Hall–Kier alpha value is -1.24. The average Bonchev–Trinajstić information content (AvgIpc) is 2.24. The lowest BCUT2D eigenvalue weighted by Crippen LogP contribution is -2.20. The number of nitrogens with one attached hydrogen (secondary N) is 1. The van der Waals surface area contributed by atoms with Crippen LogP contribution in [0.1, 0.15) is 24.5 Å². The predicted octanol–water partition coefficient (Wildman–Crippen LogP) is 2.18. The minimum atomic E-state index is -2.88. The molecule has 0 amide bonds. The van der Waals surface area contributed by atoms with Gasteiger partial charge in [-0.1, -0.05) is 0 Å². The molecule has 0 saturated carbocycles. The highest BCUT2D eigenvalue weighted by Gasteiger charge is 2.19. The van der Waals surface area contributed by atoms with Crippen LogP contribution < -0.4 is 5.43 Å². The Kier molecular flexibility index (Phi) is 4.80. The molecule has 0 aliphatic heterocycles. The molecule has 0 aliphatic carbocycles. The van der Waals surface area contributed by atoms with E-state index in [0.29, 0.717) is 0 Å². The zero-order valence-corrected chi connectivity index (χ0v) is 10.5. The fourth-order valence-corrected chi connectivity index (χ4v) is 1.68.